The third-order valence-corrected chi connectivity index (χ3v) is 7.00. The van der Waals surface area contributed by atoms with Gasteiger partial charge in [0, 0.05) is 6.54 Å². The highest BCUT2D eigenvalue weighted by Crippen LogP contribution is 2.51. The van der Waals surface area contributed by atoms with Crippen molar-refractivity contribution in [2.24, 2.45) is 0 Å². The molecule has 9 nitrogen and oxygen atoms in total. The average Bonchev–Trinajstić information content (AvgIpc) is 3.19. The van der Waals surface area contributed by atoms with E-state index in [0.717, 1.165) is 49.2 Å². The number of ether oxygens (including phenoxy) is 1. The topological polar surface area (TPSA) is 114 Å². The number of unbranched alkanes of at least 4 members (excludes halogenated alkanes) is 3. The van der Waals surface area contributed by atoms with Crippen LogP contribution in [0.4, 0.5) is 5.82 Å². The first-order valence-electron chi connectivity index (χ1n) is 11.1. The molecule has 10 heteroatoms. The molecule has 3 rings (SSSR count). The van der Waals surface area contributed by atoms with E-state index in [9.17, 15) is 4.57 Å². The van der Waals surface area contributed by atoms with E-state index in [0.29, 0.717) is 31.2 Å². The normalized spacial score (nSPS) is 11.8. The zero-order chi connectivity index (χ0) is 22.8. The first-order chi connectivity index (χ1) is 15.5. The molecule has 3 aromatic rings. The molecule has 1 aromatic carbocycles. The molecule has 0 spiro atoms. The Hall–Kier alpha value is -2.48. The van der Waals surface area contributed by atoms with Crippen LogP contribution in [0.1, 0.15) is 45.1 Å². The van der Waals surface area contributed by atoms with Crippen LogP contribution in [-0.4, -0.2) is 39.3 Å². The van der Waals surface area contributed by atoms with E-state index in [4.69, 9.17) is 19.5 Å². The molecule has 0 amide bonds. The van der Waals surface area contributed by atoms with Crippen molar-refractivity contribution >= 4 is 24.6 Å². The summed E-state index contributed by atoms with van der Waals surface area (Å²) in [6, 6.07) is 7.61. The van der Waals surface area contributed by atoms with Gasteiger partial charge in [0.15, 0.2) is 11.5 Å². The van der Waals surface area contributed by atoms with E-state index in [2.05, 4.69) is 15.0 Å². The third-order valence-electron chi connectivity index (χ3n) is 4.94. The van der Waals surface area contributed by atoms with Gasteiger partial charge in [-0.25, -0.2) is 15.0 Å². The molecule has 2 heterocycles. The zero-order valence-corrected chi connectivity index (χ0v) is 19.7. The van der Waals surface area contributed by atoms with Gasteiger partial charge in [-0.15, -0.1) is 0 Å². The number of rotatable bonds is 14. The Balaban J connectivity index is 1.34. The van der Waals surface area contributed by atoms with Crippen molar-refractivity contribution in [1.29, 1.82) is 0 Å². The Morgan fingerprint density at radius 2 is 1.69 bits per heavy atom. The van der Waals surface area contributed by atoms with Gasteiger partial charge in [0.25, 0.3) is 0 Å². The zero-order valence-electron chi connectivity index (χ0n) is 18.8. The Morgan fingerprint density at radius 1 is 0.969 bits per heavy atom. The fraction of sp³-hybridized carbons (Fsp3) is 0.500. The van der Waals surface area contributed by atoms with Crippen molar-refractivity contribution in [2.75, 3.05) is 25.6 Å². The molecule has 174 valence electrons. The molecule has 0 aliphatic heterocycles. The molecule has 2 N–H and O–H groups in total. The maximum absolute atomic E-state index is 12.6. The Morgan fingerprint density at radius 3 is 2.41 bits per heavy atom. The lowest BCUT2D eigenvalue weighted by molar-refractivity contribution is 0.219. The molecule has 0 atom stereocenters. The first-order valence-corrected chi connectivity index (χ1v) is 12.8. The molecule has 32 heavy (non-hydrogen) atoms. The minimum Gasteiger partial charge on any atom is -0.494 e. The summed E-state index contributed by atoms with van der Waals surface area (Å²) >= 11 is 0. The van der Waals surface area contributed by atoms with Crippen LogP contribution >= 0.6 is 7.60 Å². The van der Waals surface area contributed by atoms with Crippen LogP contribution in [0.15, 0.2) is 36.9 Å². The number of benzene rings is 1. The Kier molecular flexibility index (Phi) is 9.02. The van der Waals surface area contributed by atoms with E-state index in [1.165, 1.54) is 6.33 Å². The van der Waals surface area contributed by atoms with E-state index >= 15 is 0 Å². The second-order valence-electron chi connectivity index (χ2n) is 7.38. The van der Waals surface area contributed by atoms with E-state index in [1.54, 1.807) is 6.33 Å². The highest BCUT2D eigenvalue weighted by Gasteiger charge is 2.23. The molecule has 0 fully saturated rings. The van der Waals surface area contributed by atoms with E-state index in [1.807, 2.05) is 42.7 Å². The number of hydrogen-bond acceptors (Lipinski definition) is 8. The molecule has 0 saturated carbocycles. The molecule has 0 aliphatic rings. The quantitative estimate of drug-likeness (QED) is 0.269. The SMILES string of the molecule is CCOP(=O)(Cc1ccc(OCCCCCCn2cnc3c(N)ncnc32)cc1)OCC. The number of aromatic nitrogens is 4. The third kappa shape index (κ3) is 6.76. The number of imidazole rings is 1. The van der Waals surface area contributed by atoms with Crippen LogP contribution in [0.2, 0.25) is 0 Å². The number of anilines is 1. The van der Waals surface area contributed by atoms with Crippen molar-refractivity contribution in [1.82, 2.24) is 19.5 Å². The summed E-state index contributed by atoms with van der Waals surface area (Å²) in [6.45, 7) is 5.86. The molecule has 0 bridgehead atoms. The van der Waals surface area contributed by atoms with Gasteiger partial charge in [-0.2, -0.15) is 0 Å². The van der Waals surface area contributed by atoms with Crippen molar-refractivity contribution in [3.05, 3.63) is 42.5 Å². The average molecular weight is 462 g/mol. The maximum Gasteiger partial charge on any atom is 0.335 e. The number of aryl methyl sites for hydroxylation is 1. The lowest BCUT2D eigenvalue weighted by Crippen LogP contribution is -2.01. The lowest BCUT2D eigenvalue weighted by Gasteiger charge is -2.17. The van der Waals surface area contributed by atoms with Crippen LogP contribution in [0.5, 0.6) is 5.75 Å². The summed E-state index contributed by atoms with van der Waals surface area (Å²) in [5, 5.41) is 0. The van der Waals surface area contributed by atoms with Crippen molar-refractivity contribution in [3.63, 3.8) is 0 Å². The van der Waals surface area contributed by atoms with Gasteiger partial charge in [-0.3, -0.25) is 4.57 Å². The summed E-state index contributed by atoms with van der Waals surface area (Å²) in [5.41, 5.74) is 8.17. The fourth-order valence-electron chi connectivity index (χ4n) is 3.43. The number of nitrogens with two attached hydrogens (primary N) is 1. The van der Waals surface area contributed by atoms with Gasteiger partial charge in [0.05, 0.1) is 32.3 Å². The molecule has 2 aromatic heterocycles. The van der Waals surface area contributed by atoms with E-state index < -0.39 is 7.60 Å². The second-order valence-corrected chi connectivity index (χ2v) is 9.43. The molecular weight excluding hydrogens is 429 g/mol. The maximum atomic E-state index is 12.6. The lowest BCUT2D eigenvalue weighted by atomic mass is 10.2. The largest absolute Gasteiger partial charge is 0.494 e. The molecule has 0 radical (unpaired) electrons. The molecule has 0 saturated heterocycles. The summed E-state index contributed by atoms with van der Waals surface area (Å²) in [4.78, 5) is 12.5. The summed E-state index contributed by atoms with van der Waals surface area (Å²) in [7, 11) is -3.09. The van der Waals surface area contributed by atoms with Crippen LogP contribution in [0.3, 0.4) is 0 Å². The monoisotopic (exact) mass is 461 g/mol. The van der Waals surface area contributed by atoms with Crippen molar-refractivity contribution < 1.29 is 18.3 Å². The van der Waals surface area contributed by atoms with Crippen LogP contribution < -0.4 is 10.5 Å². The van der Waals surface area contributed by atoms with Gasteiger partial charge in [0.2, 0.25) is 0 Å². The van der Waals surface area contributed by atoms with Crippen molar-refractivity contribution in [3.8, 4) is 5.75 Å². The highest BCUT2D eigenvalue weighted by atomic mass is 31.2. The van der Waals surface area contributed by atoms with Gasteiger partial charge >= 0.3 is 7.60 Å². The summed E-state index contributed by atoms with van der Waals surface area (Å²) in [5.74, 6) is 1.22. The van der Waals surface area contributed by atoms with Gasteiger partial charge in [-0.1, -0.05) is 25.0 Å². The van der Waals surface area contributed by atoms with Crippen LogP contribution in [0, 0.1) is 0 Å². The molecular formula is C22H32N5O4P. The smallest absolute Gasteiger partial charge is 0.335 e. The van der Waals surface area contributed by atoms with Gasteiger partial charge in [-0.05, 0) is 44.4 Å². The number of nitrogens with zero attached hydrogens (tertiary/aromatic N) is 4. The predicted octanol–water partition coefficient (Wildman–Crippen LogP) is 4.81. The van der Waals surface area contributed by atoms with Gasteiger partial charge in [0.1, 0.15) is 17.6 Å². The molecule has 0 aliphatic carbocycles. The molecule has 0 unspecified atom stereocenters. The highest BCUT2D eigenvalue weighted by molar-refractivity contribution is 7.53. The van der Waals surface area contributed by atoms with Crippen LogP contribution in [0.25, 0.3) is 11.2 Å². The predicted molar refractivity (Wildman–Crippen MR) is 125 cm³/mol. The standard InChI is InChI=1S/C22H32N5O4P/c1-3-30-32(28,31-4-2)15-18-9-11-19(12-10-18)29-14-8-6-5-7-13-27-17-26-20-21(23)24-16-25-22(20)27/h9-12,16-17H,3-8,13-15H2,1-2H3,(H2,23,24,25). The fourth-order valence-corrected chi connectivity index (χ4v) is 5.13. The summed E-state index contributed by atoms with van der Waals surface area (Å²) < 4.78 is 31.2. The van der Waals surface area contributed by atoms with Gasteiger partial charge < -0.3 is 24.1 Å². The van der Waals surface area contributed by atoms with Crippen molar-refractivity contribution in [2.45, 2.75) is 52.2 Å². The summed E-state index contributed by atoms with van der Waals surface area (Å²) in [6.07, 6.45) is 7.68. The number of fused-ring (bicyclic) bond motifs is 1. The minimum atomic E-state index is -3.09. The Labute approximate surface area is 188 Å². The first kappa shape index (κ1) is 24.2. The number of nitrogen functional groups attached to an aromatic ring is 1. The van der Waals surface area contributed by atoms with Crippen LogP contribution in [-0.2, 0) is 26.3 Å². The van der Waals surface area contributed by atoms with E-state index in [-0.39, 0.29) is 6.16 Å². The minimum absolute atomic E-state index is 0.264. The Bertz CT molecular complexity index is 1010. The second kappa shape index (κ2) is 11.9. The number of hydrogen-bond donors (Lipinski definition) is 1.